The molecule has 2 bridgehead atoms. The Morgan fingerprint density at radius 2 is 2.00 bits per heavy atom. The van der Waals surface area contributed by atoms with Crippen molar-refractivity contribution in [3.05, 3.63) is 0 Å². The quantitative estimate of drug-likeness (QED) is 0.793. The molecule has 118 valence electrons. The van der Waals surface area contributed by atoms with Gasteiger partial charge >= 0.3 is 11.8 Å². The summed E-state index contributed by atoms with van der Waals surface area (Å²) in [7, 11) is 0. The minimum atomic E-state index is -0.389. The first-order chi connectivity index (χ1) is 10.0. The summed E-state index contributed by atoms with van der Waals surface area (Å²) in [5.41, 5.74) is 0. The summed E-state index contributed by atoms with van der Waals surface area (Å²) in [5.74, 6) is 2.03. The number of nitrogens with zero attached hydrogens (tertiary/aromatic N) is 1. The van der Waals surface area contributed by atoms with E-state index in [1.54, 1.807) is 4.90 Å². The van der Waals surface area contributed by atoms with Crippen LogP contribution in [0.4, 0.5) is 0 Å². The molecule has 0 aromatic rings. The van der Waals surface area contributed by atoms with Gasteiger partial charge in [0.15, 0.2) is 0 Å². The molecule has 1 saturated heterocycles. The van der Waals surface area contributed by atoms with Crippen LogP contribution in [0.2, 0.25) is 0 Å². The van der Waals surface area contributed by atoms with Crippen LogP contribution in [-0.2, 0) is 9.59 Å². The van der Waals surface area contributed by atoms with E-state index in [4.69, 9.17) is 0 Å². The largest absolute Gasteiger partial charge is 0.345 e. The summed E-state index contributed by atoms with van der Waals surface area (Å²) < 4.78 is 0. The van der Waals surface area contributed by atoms with E-state index in [0.717, 1.165) is 37.8 Å². The predicted octanol–water partition coefficient (Wildman–Crippen LogP) is 2.19. The molecule has 0 aromatic heterocycles. The number of carbonyl (C=O) groups is 2. The van der Waals surface area contributed by atoms with Crippen LogP contribution in [-0.4, -0.2) is 35.8 Å². The van der Waals surface area contributed by atoms with E-state index in [0.29, 0.717) is 11.8 Å². The summed E-state index contributed by atoms with van der Waals surface area (Å²) in [4.78, 5) is 26.2. The van der Waals surface area contributed by atoms with E-state index in [1.807, 2.05) is 0 Å². The number of likely N-dealkylation sites (tertiary alicyclic amines) is 1. The zero-order chi connectivity index (χ0) is 15.0. The van der Waals surface area contributed by atoms with Gasteiger partial charge in [0.1, 0.15) is 0 Å². The molecule has 21 heavy (non-hydrogen) atoms. The molecule has 1 heterocycles. The Bertz CT molecular complexity index is 423. The number of carbonyl (C=O) groups excluding carboxylic acids is 2. The highest BCUT2D eigenvalue weighted by Gasteiger charge is 2.42. The SMILES string of the molecule is CC1CCCN(C(=O)C(=O)NC(C)C2CC3CCC2C3)C1. The molecule has 4 heteroatoms. The number of rotatable bonds is 2. The summed E-state index contributed by atoms with van der Waals surface area (Å²) in [6, 6.07) is 0.138. The third kappa shape index (κ3) is 3.09. The van der Waals surface area contributed by atoms with E-state index in [-0.39, 0.29) is 17.9 Å². The van der Waals surface area contributed by atoms with Crippen LogP contribution in [0.5, 0.6) is 0 Å². The van der Waals surface area contributed by atoms with Gasteiger partial charge in [0.05, 0.1) is 0 Å². The minimum Gasteiger partial charge on any atom is -0.345 e. The average Bonchev–Trinajstić information content (AvgIpc) is 3.09. The number of nitrogens with one attached hydrogen (secondary N) is 1. The second-order valence-electron chi connectivity index (χ2n) is 7.60. The van der Waals surface area contributed by atoms with Gasteiger partial charge in [-0.15, -0.1) is 0 Å². The van der Waals surface area contributed by atoms with Crippen LogP contribution in [0.25, 0.3) is 0 Å². The lowest BCUT2D eigenvalue weighted by atomic mass is 9.84. The molecule has 0 spiro atoms. The first-order valence-electron chi connectivity index (χ1n) is 8.64. The second kappa shape index (κ2) is 5.98. The van der Waals surface area contributed by atoms with Crippen molar-refractivity contribution >= 4 is 11.8 Å². The van der Waals surface area contributed by atoms with Gasteiger partial charge in [-0.1, -0.05) is 13.3 Å². The fraction of sp³-hybridized carbons (Fsp3) is 0.882. The van der Waals surface area contributed by atoms with Crippen molar-refractivity contribution < 1.29 is 9.59 Å². The molecule has 5 atom stereocenters. The Labute approximate surface area is 127 Å². The monoisotopic (exact) mass is 292 g/mol. The molecular weight excluding hydrogens is 264 g/mol. The molecule has 0 radical (unpaired) electrons. The third-order valence-corrected chi connectivity index (χ3v) is 5.93. The summed E-state index contributed by atoms with van der Waals surface area (Å²) >= 11 is 0. The van der Waals surface area contributed by atoms with Gasteiger partial charge in [-0.05, 0) is 62.7 Å². The molecule has 2 aliphatic carbocycles. The molecular formula is C17H28N2O2. The van der Waals surface area contributed by atoms with Crippen molar-refractivity contribution in [3.63, 3.8) is 0 Å². The van der Waals surface area contributed by atoms with Crippen molar-refractivity contribution in [1.82, 2.24) is 10.2 Å². The Hall–Kier alpha value is -1.06. The maximum atomic E-state index is 12.3. The number of hydrogen-bond donors (Lipinski definition) is 1. The fourth-order valence-corrected chi connectivity index (χ4v) is 4.80. The van der Waals surface area contributed by atoms with Crippen molar-refractivity contribution in [2.45, 2.75) is 58.4 Å². The van der Waals surface area contributed by atoms with Gasteiger partial charge in [0, 0.05) is 19.1 Å². The van der Waals surface area contributed by atoms with Crippen LogP contribution in [0.1, 0.15) is 52.4 Å². The summed E-state index contributed by atoms with van der Waals surface area (Å²) in [6.45, 7) is 5.69. The molecule has 5 unspecified atom stereocenters. The lowest BCUT2D eigenvalue weighted by Crippen LogP contribution is -2.50. The normalized spacial score (nSPS) is 36.6. The molecule has 4 nitrogen and oxygen atoms in total. The topological polar surface area (TPSA) is 49.4 Å². The zero-order valence-electron chi connectivity index (χ0n) is 13.3. The van der Waals surface area contributed by atoms with Crippen LogP contribution in [0.3, 0.4) is 0 Å². The van der Waals surface area contributed by atoms with Crippen LogP contribution >= 0.6 is 0 Å². The highest BCUT2D eigenvalue weighted by Crippen LogP contribution is 2.49. The number of piperidine rings is 1. The molecule has 3 aliphatic rings. The van der Waals surface area contributed by atoms with Crippen molar-refractivity contribution in [2.75, 3.05) is 13.1 Å². The Kier molecular flexibility index (Phi) is 4.23. The Morgan fingerprint density at radius 3 is 2.62 bits per heavy atom. The van der Waals surface area contributed by atoms with Crippen molar-refractivity contribution in [3.8, 4) is 0 Å². The molecule has 3 fully saturated rings. The van der Waals surface area contributed by atoms with E-state index in [2.05, 4.69) is 19.2 Å². The maximum Gasteiger partial charge on any atom is 0.311 e. The summed E-state index contributed by atoms with van der Waals surface area (Å²) in [5, 5.41) is 2.99. The highest BCUT2D eigenvalue weighted by atomic mass is 16.2. The number of fused-ring (bicyclic) bond motifs is 2. The molecule has 1 aliphatic heterocycles. The second-order valence-corrected chi connectivity index (χ2v) is 7.60. The van der Waals surface area contributed by atoms with E-state index in [1.165, 1.54) is 25.7 Å². The van der Waals surface area contributed by atoms with Crippen molar-refractivity contribution in [2.24, 2.45) is 23.7 Å². The maximum absolute atomic E-state index is 12.3. The average molecular weight is 292 g/mol. The molecule has 0 aromatic carbocycles. The molecule has 3 rings (SSSR count). The van der Waals surface area contributed by atoms with E-state index >= 15 is 0 Å². The first kappa shape index (κ1) is 14.9. The van der Waals surface area contributed by atoms with Gasteiger partial charge in [-0.25, -0.2) is 0 Å². The minimum absolute atomic E-state index is 0.138. The smallest absolute Gasteiger partial charge is 0.311 e. The first-order valence-corrected chi connectivity index (χ1v) is 8.64. The third-order valence-electron chi connectivity index (χ3n) is 5.93. The van der Waals surface area contributed by atoms with Crippen molar-refractivity contribution in [1.29, 1.82) is 0 Å². The zero-order valence-corrected chi connectivity index (χ0v) is 13.3. The van der Waals surface area contributed by atoms with Gasteiger partial charge in [-0.3, -0.25) is 9.59 Å². The molecule has 1 N–H and O–H groups in total. The van der Waals surface area contributed by atoms with Crippen LogP contribution < -0.4 is 5.32 Å². The van der Waals surface area contributed by atoms with E-state index < -0.39 is 0 Å². The highest BCUT2D eigenvalue weighted by molar-refractivity contribution is 6.35. The number of hydrogen-bond acceptors (Lipinski definition) is 2. The molecule has 2 amide bonds. The van der Waals surface area contributed by atoms with E-state index in [9.17, 15) is 9.59 Å². The fourth-order valence-electron chi connectivity index (χ4n) is 4.80. The lowest BCUT2D eigenvalue weighted by molar-refractivity contribution is -0.147. The van der Waals surface area contributed by atoms with Gasteiger partial charge in [-0.2, -0.15) is 0 Å². The standard InChI is InChI=1S/C17H28N2O2/c1-11-4-3-7-19(10-11)17(21)16(20)18-12(2)15-9-13-5-6-14(15)8-13/h11-15H,3-10H2,1-2H3,(H,18,20). The van der Waals surface area contributed by atoms with Crippen LogP contribution in [0.15, 0.2) is 0 Å². The van der Waals surface area contributed by atoms with Gasteiger partial charge in [0.2, 0.25) is 0 Å². The Balaban J connectivity index is 1.52. The number of amides is 2. The summed E-state index contributed by atoms with van der Waals surface area (Å²) in [6.07, 6.45) is 7.43. The van der Waals surface area contributed by atoms with Gasteiger partial charge in [0.25, 0.3) is 0 Å². The lowest BCUT2D eigenvalue weighted by Gasteiger charge is -2.32. The molecule has 2 saturated carbocycles. The predicted molar refractivity (Wildman–Crippen MR) is 81.5 cm³/mol. The van der Waals surface area contributed by atoms with Gasteiger partial charge < -0.3 is 10.2 Å². The Morgan fingerprint density at radius 1 is 1.19 bits per heavy atom. The van der Waals surface area contributed by atoms with Crippen LogP contribution in [0, 0.1) is 23.7 Å².